The Balaban J connectivity index is 0.00000480. The van der Waals surface area contributed by atoms with E-state index in [1.54, 1.807) is 29.2 Å². The molecule has 0 spiro atoms. The van der Waals surface area contributed by atoms with Crippen LogP contribution in [0.2, 0.25) is 5.02 Å². The summed E-state index contributed by atoms with van der Waals surface area (Å²) >= 11 is 6.52. The van der Waals surface area contributed by atoms with Gasteiger partial charge in [-0.25, -0.2) is 9.97 Å². The fourth-order valence-corrected chi connectivity index (χ4v) is 5.21. The molecule has 0 unspecified atom stereocenters. The second kappa shape index (κ2) is 14.6. The van der Waals surface area contributed by atoms with Crippen molar-refractivity contribution in [3.05, 3.63) is 59.3 Å². The topological polar surface area (TPSA) is 162 Å². The average Bonchev–Trinajstić information content (AvgIpc) is 3.63. The number of fused-ring (bicyclic) bond motifs is 1. The Kier molecular flexibility index (Phi) is 10.8. The minimum atomic E-state index is -4.75. The molecule has 0 aliphatic carbocycles. The van der Waals surface area contributed by atoms with Gasteiger partial charge in [0.1, 0.15) is 6.54 Å². The highest BCUT2D eigenvalue weighted by molar-refractivity contribution is 6.34. The van der Waals surface area contributed by atoms with Gasteiger partial charge in [-0.15, -0.1) is 0 Å². The predicted molar refractivity (Wildman–Crippen MR) is 165 cm³/mol. The van der Waals surface area contributed by atoms with E-state index >= 15 is 0 Å². The van der Waals surface area contributed by atoms with Gasteiger partial charge >= 0.3 is 6.18 Å². The third-order valence-electron chi connectivity index (χ3n) is 7.16. The number of piperazine rings is 1. The molecular formula is C29H33ClF3N11O2. The Morgan fingerprint density at radius 3 is 2.59 bits per heavy atom. The van der Waals surface area contributed by atoms with Crippen molar-refractivity contribution >= 4 is 40.6 Å². The highest BCUT2D eigenvalue weighted by Crippen LogP contribution is 2.37. The molecule has 1 aliphatic heterocycles. The van der Waals surface area contributed by atoms with Crippen molar-refractivity contribution in [2.75, 3.05) is 51.1 Å². The number of nitriles is 1. The molecule has 0 radical (unpaired) electrons. The van der Waals surface area contributed by atoms with Gasteiger partial charge in [-0.05, 0) is 31.2 Å². The summed E-state index contributed by atoms with van der Waals surface area (Å²) in [6, 6.07) is 6.56. The molecule has 0 saturated carbocycles. The molecule has 1 saturated heterocycles. The van der Waals surface area contributed by atoms with E-state index in [-0.39, 0.29) is 60.1 Å². The van der Waals surface area contributed by atoms with E-state index < -0.39 is 11.9 Å². The lowest BCUT2D eigenvalue weighted by molar-refractivity contribution is -0.141. The highest BCUT2D eigenvalue weighted by Gasteiger charge is 2.38. The molecule has 0 bridgehead atoms. The van der Waals surface area contributed by atoms with Crippen LogP contribution < -0.4 is 16.4 Å². The quantitative estimate of drug-likeness (QED) is 0.217. The SMILES string of the molecule is C.N#CCn1cc(-c2cnc3c(Nc4ccc(C(=O)N5CCN(CC(=O)NCCCN)CC5)c(Cl)c4)nccn23)c(C(F)(F)F)n1. The van der Waals surface area contributed by atoms with Gasteiger partial charge in [0.15, 0.2) is 17.2 Å². The summed E-state index contributed by atoms with van der Waals surface area (Å²) in [5, 5.41) is 18.6. The van der Waals surface area contributed by atoms with Crippen LogP contribution in [0.1, 0.15) is 29.9 Å². The van der Waals surface area contributed by atoms with Gasteiger partial charge in [-0.1, -0.05) is 19.0 Å². The molecule has 5 rings (SSSR count). The third kappa shape index (κ3) is 7.56. The van der Waals surface area contributed by atoms with Crippen LogP contribution in [-0.2, 0) is 17.5 Å². The second-order valence-electron chi connectivity index (χ2n) is 10.2. The van der Waals surface area contributed by atoms with Gasteiger partial charge in [0.25, 0.3) is 5.91 Å². The maximum atomic E-state index is 13.7. The predicted octanol–water partition coefficient (Wildman–Crippen LogP) is 3.39. The van der Waals surface area contributed by atoms with Crippen LogP contribution in [-0.4, -0.2) is 91.6 Å². The average molecular weight is 660 g/mol. The van der Waals surface area contributed by atoms with Gasteiger partial charge in [-0.2, -0.15) is 23.5 Å². The van der Waals surface area contributed by atoms with Gasteiger partial charge in [-0.3, -0.25) is 23.6 Å². The number of alkyl halides is 3. The monoisotopic (exact) mass is 659 g/mol. The van der Waals surface area contributed by atoms with Crippen molar-refractivity contribution < 1.29 is 22.8 Å². The van der Waals surface area contributed by atoms with E-state index in [0.717, 1.165) is 10.9 Å². The number of nitrogens with zero attached hydrogens (tertiary/aromatic N) is 8. The van der Waals surface area contributed by atoms with Crippen LogP contribution in [0.4, 0.5) is 24.7 Å². The molecule has 3 aromatic heterocycles. The zero-order valence-electron chi connectivity index (χ0n) is 23.9. The lowest BCUT2D eigenvalue weighted by atomic mass is 10.1. The normalized spacial score (nSPS) is 13.7. The molecular weight excluding hydrogens is 627 g/mol. The largest absolute Gasteiger partial charge is 0.435 e. The number of halogens is 4. The fraction of sp³-hybridized carbons (Fsp3) is 0.379. The van der Waals surface area contributed by atoms with E-state index in [1.807, 2.05) is 4.90 Å². The number of carbonyl (C=O) groups excluding carboxylic acids is 2. The summed E-state index contributed by atoms with van der Waals surface area (Å²) in [6.07, 6.45) is 1.25. The summed E-state index contributed by atoms with van der Waals surface area (Å²) in [5.41, 5.74) is 5.20. The molecule has 1 aromatic carbocycles. The van der Waals surface area contributed by atoms with Gasteiger partial charge in [0, 0.05) is 57.0 Å². The first kappa shape index (κ1) is 34.2. The lowest BCUT2D eigenvalue weighted by Gasteiger charge is -2.34. The van der Waals surface area contributed by atoms with E-state index in [9.17, 15) is 22.8 Å². The Hall–Kier alpha value is -4.72. The molecule has 1 aliphatic rings. The molecule has 0 atom stereocenters. The number of rotatable bonds is 10. The number of imidazole rings is 1. The molecule has 46 heavy (non-hydrogen) atoms. The Bertz CT molecular complexity index is 1740. The zero-order valence-corrected chi connectivity index (χ0v) is 24.6. The number of carbonyl (C=O) groups is 2. The number of benzene rings is 1. The number of anilines is 2. The molecule has 4 heterocycles. The van der Waals surface area contributed by atoms with Crippen LogP contribution in [0.15, 0.2) is 43.0 Å². The van der Waals surface area contributed by atoms with Gasteiger partial charge in [0.2, 0.25) is 5.91 Å². The number of hydrogen-bond donors (Lipinski definition) is 3. The fourth-order valence-electron chi connectivity index (χ4n) is 4.95. The van der Waals surface area contributed by atoms with Crippen LogP contribution >= 0.6 is 11.6 Å². The number of aromatic nitrogens is 5. The number of nitrogens with two attached hydrogens (primary N) is 1. The van der Waals surface area contributed by atoms with Crippen LogP contribution in [0.5, 0.6) is 0 Å². The first-order chi connectivity index (χ1) is 21.6. The molecule has 13 nitrogen and oxygen atoms in total. The van der Waals surface area contributed by atoms with Crippen LogP contribution in [0.25, 0.3) is 16.9 Å². The van der Waals surface area contributed by atoms with Crippen molar-refractivity contribution in [1.29, 1.82) is 5.26 Å². The second-order valence-corrected chi connectivity index (χ2v) is 10.6. The molecule has 1 fully saturated rings. The lowest BCUT2D eigenvalue weighted by Crippen LogP contribution is -2.51. The number of amides is 2. The molecule has 2 amide bonds. The molecule has 17 heteroatoms. The standard InChI is InChI=1S/C28H29ClF3N11O2.CH4/c29-21-14-18(2-3-19(21)27(45)41-12-10-40(11-13-41)17-23(44)35-6-1-4-33)38-25-26-37-15-22(43(26)9-7-36-25)20-16-42(8-5-34)39-24(20)28(30,31)32;/h2-3,7,9,14-16H,1,4,6,8,10-13,17,33H2,(H,35,44)(H,36,38);1H4. The van der Waals surface area contributed by atoms with E-state index in [4.69, 9.17) is 22.6 Å². The van der Waals surface area contributed by atoms with Crippen molar-refractivity contribution in [3.63, 3.8) is 0 Å². The molecule has 4 aromatic rings. The maximum Gasteiger partial charge on any atom is 0.435 e. The van der Waals surface area contributed by atoms with E-state index in [0.29, 0.717) is 56.9 Å². The smallest absolute Gasteiger partial charge is 0.355 e. The van der Waals surface area contributed by atoms with Crippen molar-refractivity contribution in [2.24, 2.45) is 5.73 Å². The number of hydrogen-bond acceptors (Lipinski definition) is 9. The minimum Gasteiger partial charge on any atom is -0.355 e. The van der Waals surface area contributed by atoms with E-state index in [2.05, 4.69) is 25.7 Å². The summed E-state index contributed by atoms with van der Waals surface area (Å²) < 4.78 is 43.6. The minimum absolute atomic E-state index is 0. The van der Waals surface area contributed by atoms with E-state index in [1.165, 1.54) is 23.0 Å². The Morgan fingerprint density at radius 1 is 1.15 bits per heavy atom. The first-order valence-corrected chi connectivity index (χ1v) is 14.4. The summed E-state index contributed by atoms with van der Waals surface area (Å²) in [5.74, 6) is -0.0851. The Morgan fingerprint density at radius 2 is 1.91 bits per heavy atom. The van der Waals surface area contributed by atoms with Crippen molar-refractivity contribution in [1.82, 2.24) is 39.3 Å². The van der Waals surface area contributed by atoms with Crippen LogP contribution in [0.3, 0.4) is 0 Å². The van der Waals surface area contributed by atoms with Crippen molar-refractivity contribution in [3.8, 4) is 17.3 Å². The summed E-state index contributed by atoms with van der Waals surface area (Å²) in [6.45, 7) is 2.89. The third-order valence-corrected chi connectivity index (χ3v) is 7.47. The van der Waals surface area contributed by atoms with Gasteiger partial charge < -0.3 is 21.3 Å². The number of nitrogens with one attached hydrogen (secondary N) is 2. The van der Waals surface area contributed by atoms with Gasteiger partial charge in [0.05, 0.1) is 40.7 Å². The Labute approximate surface area is 267 Å². The summed E-state index contributed by atoms with van der Waals surface area (Å²) in [7, 11) is 0. The molecule has 4 N–H and O–H groups in total. The maximum absolute atomic E-state index is 13.7. The highest BCUT2D eigenvalue weighted by atomic mass is 35.5. The van der Waals surface area contributed by atoms with Crippen LogP contribution in [0, 0.1) is 11.3 Å². The van der Waals surface area contributed by atoms with Crippen molar-refractivity contribution in [2.45, 2.75) is 26.6 Å². The zero-order chi connectivity index (χ0) is 32.1. The summed E-state index contributed by atoms with van der Waals surface area (Å²) in [4.78, 5) is 37.5. The first-order valence-electron chi connectivity index (χ1n) is 14.0. The molecule has 244 valence electrons.